The summed E-state index contributed by atoms with van der Waals surface area (Å²) in [7, 11) is 0. The second-order valence-electron chi connectivity index (χ2n) is 12.9. The van der Waals surface area contributed by atoms with E-state index in [0.29, 0.717) is 24.4 Å². The number of aryl methyl sites for hydroxylation is 1. The summed E-state index contributed by atoms with van der Waals surface area (Å²) in [6.45, 7) is 4.09. The number of hydrogen-bond acceptors (Lipinski definition) is 8. The number of H-pyrrole nitrogens is 1. The third kappa shape index (κ3) is 6.78. The van der Waals surface area contributed by atoms with Crippen LogP contribution < -0.4 is 11.3 Å². The van der Waals surface area contributed by atoms with E-state index in [2.05, 4.69) is 27.1 Å². The molecule has 11 nitrogen and oxygen atoms in total. The van der Waals surface area contributed by atoms with Crippen LogP contribution in [0.4, 0.5) is 0 Å². The minimum absolute atomic E-state index is 0. The molecule has 0 radical (unpaired) electrons. The molecule has 2 aliphatic carbocycles. The summed E-state index contributed by atoms with van der Waals surface area (Å²) in [6.07, 6.45) is 9.41. The molecule has 47 heavy (non-hydrogen) atoms. The Balaban J connectivity index is 0.00000386. The minimum atomic E-state index is -0.690. The Morgan fingerprint density at radius 2 is 1.79 bits per heavy atom. The van der Waals surface area contributed by atoms with E-state index in [-0.39, 0.29) is 75.2 Å². The third-order valence-electron chi connectivity index (χ3n) is 9.96. The van der Waals surface area contributed by atoms with Gasteiger partial charge in [0, 0.05) is 23.6 Å². The molecule has 0 bridgehead atoms. The van der Waals surface area contributed by atoms with Crippen molar-refractivity contribution >= 4 is 57.2 Å². The van der Waals surface area contributed by atoms with Crippen LogP contribution in [0.3, 0.4) is 0 Å². The van der Waals surface area contributed by atoms with Crippen molar-refractivity contribution in [1.29, 1.82) is 0 Å². The standard InChI is InChI=1S/C35H40N6O5.K.H/c1-3-7-30-29(20-23-10-12-24(13-11-23)27-8-4-5-9-28(27)31-38-34(43)46-39-31)32(42)40(33-36-21-37-41(30)33)25-14-16-26(17-15-25)45-22(2)35(44)18-6-19-35;;/h4-5,8-13,21-22,25-26,44H,3,6-7,14-20H2,1-2H3,(H,38,39,43);;. The van der Waals surface area contributed by atoms with E-state index in [9.17, 15) is 14.7 Å². The van der Waals surface area contributed by atoms with Gasteiger partial charge in [-0.3, -0.25) is 18.9 Å². The molecule has 0 aliphatic heterocycles. The number of ether oxygens (including phenoxy) is 1. The topological polar surface area (TPSA) is 141 Å². The molecular formula is C35H41KN6O5. The number of aliphatic hydroxyl groups is 1. The van der Waals surface area contributed by atoms with E-state index in [1.54, 1.807) is 0 Å². The number of fused-ring (bicyclic) bond motifs is 1. The molecule has 12 heteroatoms. The predicted octanol–water partition coefficient (Wildman–Crippen LogP) is 4.60. The van der Waals surface area contributed by atoms with Crippen molar-refractivity contribution in [1.82, 2.24) is 29.3 Å². The molecule has 7 rings (SSSR count). The molecule has 1 atom stereocenters. The fraction of sp³-hybridized carbons (Fsp3) is 0.457. The van der Waals surface area contributed by atoms with Gasteiger partial charge < -0.3 is 9.84 Å². The summed E-state index contributed by atoms with van der Waals surface area (Å²) in [5.74, 6) is 0.371. The van der Waals surface area contributed by atoms with Crippen LogP contribution in [0.1, 0.15) is 88.1 Å². The van der Waals surface area contributed by atoms with Crippen LogP contribution >= 0.6 is 0 Å². The van der Waals surface area contributed by atoms with Crippen molar-refractivity contribution in [3.63, 3.8) is 0 Å². The van der Waals surface area contributed by atoms with Gasteiger partial charge in [0.1, 0.15) is 6.33 Å². The van der Waals surface area contributed by atoms with E-state index in [1.807, 2.05) is 64.5 Å². The van der Waals surface area contributed by atoms with E-state index in [4.69, 9.17) is 9.26 Å². The molecule has 2 N–H and O–H groups in total. The van der Waals surface area contributed by atoms with Gasteiger partial charge in [0.2, 0.25) is 5.78 Å². The molecule has 2 aliphatic rings. The molecule has 1 unspecified atom stereocenters. The predicted molar refractivity (Wildman–Crippen MR) is 180 cm³/mol. The zero-order valence-electron chi connectivity index (χ0n) is 26.3. The van der Waals surface area contributed by atoms with Gasteiger partial charge in [-0.1, -0.05) is 67.0 Å². The maximum absolute atomic E-state index is 14.4. The fourth-order valence-electron chi connectivity index (χ4n) is 7.17. The van der Waals surface area contributed by atoms with Crippen LogP contribution in [0.2, 0.25) is 0 Å². The van der Waals surface area contributed by atoms with Crippen molar-refractivity contribution < 1.29 is 14.4 Å². The number of hydrogen-bond donors (Lipinski definition) is 2. The summed E-state index contributed by atoms with van der Waals surface area (Å²) < 4.78 is 14.8. The van der Waals surface area contributed by atoms with Crippen molar-refractivity contribution in [2.24, 2.45) is 0 Å². The van der Waals surface area contributed by atoms with E-state index >= 15 is 0 Å². The summed E-state index contributed by atoms with van der Waals surface area (Å²) >= 11 is 0. The van der Waals surface area contributed by atoms with Crippen molar-refractivity contribution in [2.45, 2.75) is 102 Å². The van der Waals surface area contributed by atoms with Crippen LogP contribution in [0.25, 0.3) is 28.3 Å². The van der Waals surface area contributed by atoms with Gasteiger partial charge in [0.05, 0.1) is 23.5 Å². The average molecular weight is 665 g/mol. The maximum atomic E-state index is 14.4. The van der Waals surface area contributed by atoms with Crippen molar-refractivity contribution in [3.8, 4) is 22.5 Å². The molecule has 0 saturated heterocycles. The third-order valence-corrected chi connectivity index (χ3v) is 9.96. The summed E-state index contributed by atoms with van der Waals surface area (Å²) in [6, 6.07) is 15.8. The van der Waals surface area contributed by atoms with E-state index in [1.165, 1.54) is 6.33 Å². The van der Waals surface area contributed by atoms with Gasteiger partial charge in [-0.05, 0) is 75.0 Å². The van der Waals surface area contributed by atoms with Gasteiger partial charge in [0.25, 0.3) is 5.56 Å². The van der Waals surface area contributed by atoms with E-state index in [0.717, 1.165) is 84.9 Å². The monoisotopic (exact) mass is 664 g/mol. The van der Waals surface area contributed by atoms with E-state index < -0.39 is 11.4 Å². The van der Waals surface area contributed by atoms with Crippen LogP contribution in [-0.4, -0.2) is 104 Å². The first-order valence-electron chi connectivity index (χ1n) is 16.4. The molecule has 2 saturated carbocycles. The Labute approximate surface area is 315 Å². The Bertz CT molecular complexity index is 1950. The van der Waals surface area contributed by atoms with Crippen LogP contribution in [0, 0.1) is 0 Å². The average Bonchev–Trinajstić information content (AvgIpc) is 3.72. The number of benzene rings is 2. The number of nitrogens with one attached hydrogen (secondary N) is 1. The molecule has 242 valence electrons. The van der Waals surface area contributed by atoms with Gasteiger partial charge in [0.15, 0.2) is 5.82 Å². The summed E-state index contributed by atoms with van der Waals surface area (Å²) in [5.41, 5.74) is 4.59. The number of rotatable bonds is 10. The quantitative estimate of drug-likeness (QED) is 0.207. The molecule has 5 aromatic rings. The number of aromatic amines is 1. The first-order valence-corrected chi connectivity index (χ1v) is 16.4. The zero-order chi connectivity index (χ0) is 31.8. The Morgan fingerprint density at radius 1 is 1.06 bits per heavy atom. The molecule has 3 heterocycles. The second-order valence-corrected chi connectivity index (χ2v) is 12.9. The van der Waals surface area contributed by atoms with Crippen LogP contribution in [0.15, 0.2) is 69.0 Å². The molecule has 2 aromatic carbocycles. The molecule has 0 spiro atoms. The first-order chi connectivity index (χ1) is 22.3. The van der Waals surface area contributed by atoms with Gasteiger partial charge in [-0.25, -0.2) is 9.31 Å². The Morgan fingerprint density at radius 3 is 2.43 bits per heavy atom. The normalized spacial score (nSPS) is 19.6. The Hall–Kier alpha value is -2.71. The summed E-state index contributed by atoms with van der Waals surface area (Å²) in [5, 5.41) is 19.2. The second kappa shape index (κ2) is 14.4. The fourth-order valence-corrected chi connectivity index (χ4v) is 7.17. The molecule has 3 aromatic heterocycles. The van der Waals surface area contributed by atoms with Crippen molar-refractivity contribution in [3.05, 3.63) is 92.6 Å². The summed E-state index contributed by atoms with van der Waals surface area (Å²) in [4.78, 5) is 33.2. The first kappa shape index (κ1) is 34.2. The molecule has 0 amide bonds. The number of nitrogens with zero attached hydrogens (tertiary/aromatic N) is 5. The molecule has 2 fully saturated rings. The van der Waals surface area contributed by atoms with Gasteiger partial charge in [-0.15, -0.1) is 0 Å². The number of aromatic nitrogens is 6. The van der Waals surface area contributed by atoms with Crippen LogP contribution in [0.5, 0.6) is 0 Å². The molecular weight excluding hydrogens is 624 g/mol. The Kier molecular flexibility index (Phi) is 10.5. The van der Waals surface area contributed by atoms with Crippen molar-refractivity contribution in [2.75, 3.05) is 0 Å². The van der Waals surface area contributed by atoms with Gasteiger partial charge in [-0.2, -0.15) is 10.1 Å². The SMILES string of the molecule is CCCc1c(Cc2ccc(-c3ccccc3-c3noc(=O)[nH]3)cc2)c(=O)n(C2CCC(OC(C)C3(O)CCC3)CC2)c2ncnn12.[KH]. The zero-order valence-corrected chi connectivity index (χ0v) is 26.3. The van der Waals surface area contributed by atoms with Gasteiger partial charge >= 0.3 is 57.1 Å². The van der Waals surface area contributed by atoms with Crippen LogP contribution in [-0.2, 0) is 17.6 Å².